The summed E-state index contributed by atoms with van der Waals surface area (Å²) in [4.78, 5) is 18.8. The van der Waals surface area contributed by atoms with Crippen LogP contribution in [0.4, 0.5) is 0 Å². The number of aryl methyl sites for hydroxylation is 1. The number of nitrogens with zero attached hydrogens (tertiary/aromatic N) is 3. The molecule has 3 fully saturated rings. The second kappa shape index (κ2) is 8.29. The number of piperidine rings is 1. The van der Waals surface area contributed by atoms with Gasteiger partial charge in [-0.05, 0) is 51.5 Å². The van der Waals surface area contributed by atoms with Gasteiger partial charge in [-0.1, -0.05) is 18.0 Å². The highest BCUT2D eigenvalue weighted by Crippen LogP contribution is 2.41. The molecule has 0 radical (unpaired) electrons. The molecule has 1 aliphatic heterocycles. The van der Waals surface area contributed by atoms with Crippen LogP contribution in [-0.2, 0) is 14.8 Å². The van der Waals surface area contributed by atoms with Gasteiger partial charge in [0.05, 0.1) is 15.7 Å². The van der Waals surface area contributed by atoms with Gasteiger partial charge < -0.3 is 9.84 Å². The quantitative estimate of drug-likeness (QED) is 0.702. The van der Waals surface area contributed by atoms with Gasteiger partial charge in [-0.25, -0.2) is 8.42 Å². The summed E-state index contributed by atoms with van der Waals surface area (Å²) in [5.74, 6) is 1.14. The van der Waals surface area contributed by atoms with Gasteiger partial charge in [-0.3, -0.25) is 4.79 Å². The molecule has 0 bridgehead atoms. The summed E-state index contributed by atoms with van der Waals surface area (Å²) >= 11 is 1.36. The second-order valence-electron chi connectivity index (χ2n) is 8.95. The molecule has 1 atom stereocenters. The molecule has 10 heteroatoms. The van der Waals surface area contributed by atoms with Crippen LogP contribution in [0.2, 0.25) is 0 Å². The largest absolute Gasteiger partial charge is 0.353 e. The van der Waals surface area contributed by atoms with Gasteiger partial charge >= 0.3 is 0 Å². The van der Waals surface area contributed by atoms with Crippen molar-refractivity contribution >= 4 is 27.3 Å². The maximum Gasteiger partial charge on any atom is 0.244 e. The first-order chi connectivity index (χ1) is 14.9. The number of hydrogen-bond donors (Lipinski definition) is 1. The van der Waals surface area contributed by atoms with Gasteiger partial charge in [-0.2, -0.15) is 9.29 Å². The van der Waals surface area contributed by atoms with E-state index in [2.05, 4.69) is 15.5 Å². The lowest BCUT2D eigenvalue weighted by atomic mass is 9.98. The first kappa shape index (κ1) is 21.1. The predicted octanol–water partition coefficient (Wildman–Crippen LogP) is 3.44. The Morgan fingerprint density at radius 2 is 1.97 bits per heavy atom. The number of amides is 1. The number of sulfonamides is 1. The van der Waals surface area contributed by atoms with E-state index in [1.807, 2.05) is 0 Å². The van der Waals surface area contributed by atoms with E-state index >= 15 is 0 Å². The molecule has 2 aliphatic carbocycles. The van der Waals surface area contributed by atoms with E-state index in [9.17, 15) is 13.2 Å². The zero-order valence-corrected chi connectivity index (χ0v) is 19.3. The summed E-state index contributed by atoms with van der Waals surface area (Å²) in [5.41, 5.74) is 0. The third-order valence-electron chi connectivity index (χ3n) is 6.54. The normalized spacial score (nSPS) is 23.3. The molecule has 3 aliphatic rings. The lowest BCUT2D eigenvalue weighted by Crippen LogP contribution is -2.47. The maximum absolute atomic E-state index is 13.4. The number of thiophene rings is 1. The first-order valence-corrected chi connectivity index (χ1v) is 13.4. The van der Waals surface area contributed by atoms with E-state index in [0.717, 1.165) is 44.9 Å². The van der Waals surface area contributed by atoms with Gasteiger partial charge in [0.15, 0.2) is 0 Å². The summed E-state index contributed by atoms with van der Waals surface area (Å²) < 4.78 is 33.7. The van der Waals surface area contributed by atoms with Crippen molar-refractivity contribution < 1.29 is 17.7 Å². The van der Waals surface area contributed by atoms with Crippen molar-refractivity contribution in [3.63, 3.8) is 0 Å². The number of carbonyl (C=O) groups is 1. The van der Waals surface area contributed by atoms with Crippen LogP contribution in [0.1, 0.15) is 68.1 Å². The fourth-order valence-electron chi connectivity index (χ4n) is 4.57. The van der Waals surface area contributed by atoms with Gasteiger partial charge in [0.25, 0.3) is 0 Å². The highest BCUT2D eigenvalue weighted by molar-refractivity contribution is 7.89. The Hall–Kier alpha value is -1.78. The van der Waals surface area contributed by atoms with Gasteiger partial charge in [0.2, 0.25) is 27.6 Å². The molecule has 2 aromatic heterocycles. The molecule has 1 saturated heterocycles. The van der Waals surface area contributed by atoms with E-state index in [4.69, 9.17) is 4.52 Å². The molecule has 1 amide bonds. The van der Waals surface area contributed by atoms with Crippen LogP contribution < -0.4 is 5.32 Å². The van der Waals surface area contributed by atoms with Crippen LogP contribution in [-0.4, -0.2) is 47.9 Å². The third-order valence-corrected chi connectivity index (χ3v) is 9.70. The van der Waals surface area contributed by atoms with Crippen LogP contribution in [0.5, 0.6) is 0 Å². The van der Waals surface area contributed by atoms with E-state index < -0.39 is 10.0 Å². The lowest BCUT2D eigenvalue weighted by Gasteiger charge is -2.31. The Bertz CT molecular complexity index is 1070. The molecule has 31 heavy (non-hydrogen) atoms. The maximum atomic E-state index is 13.4. The number of aromatic nitrogens is 2. The summed E-state index contributed by atoms with van der Waals surface area (Å²) in [5, 5.41) is 7.17. The van der Waals surface area contributed by atoms with Crippen LogP contribution in [0.3, 0.4) is 0 Å². The molecule has 0 aromatic carbocycles. The fourth-order valence-corrected chi connectivity index (χ4v) is 7.58. The molecule has 2 saturated carbocycles. The summed E-state index contributed by atoms with van der Waals surface area (Å²) in [7, 11) is -3.69. The average Bonchev–Trinajstić information content (AvgIpc) is 3.14. The van der Waals surface area contributed by atoms with Crippen molar-refractivity contribution in [2.45, 2.75) is 75.1 Å². The zero-order valence-electron chi connectivity index (χ0n) is 17.7. The smallest absolute Gasteiger partial charge is 0.244 e. The topological polar surface area (TPSA) is 105 Å². The van der Waals surface area contributed by atoms with Gasteiger partial charge in [0, 0.05) is 29.9 Å². The number of nitrogens with one attached hydrogen (secondary N) is 1. The van der Waals surface area contributed by atoms with Crippen molar-refractivity contribution in [2.24, 2.45) is 5.92 Å². The summed E-state index contributed by atoms with van der Waals surface area (Å²) in [6.45, 7) is 2.48. The Balaban J connectivity index is 1.32. The van der Waals surface area contributed by atoms with Crippen molar-refractivity contribution in [1.29, 1.82) is 0 Å². The van der Waals surface area contributed by atoms with Crippen molar-refractivity contribution in [1.82, 2.24) is 19.8 Å². The van der Waals surface area contributed by atoms with Crippen molar-refractivity contribution in [3.05, 3.63) is 16.8 Å². The average molecular weight is 465 g/mol. The standard InChI is InChI=1S/C21H28N4O4S2/c1-13-18(11-17(30-13)19-23-21(29-24-19)14-8-9-14)31(27,28)25-10-4-5-15(12-25)20(26)22-16-6-2-3-7-16/h11,14-16H,2-10,12H2,1H3,(H,22,26)/t15-/m0/s1. The minimum absolute atomic E-state index is 0.00562. The minimum Gasteiger partial charge on any atom is -0.353 e. The first-order valence-electron chi connectivity index (χ1n) is 11.2. The van der Waals surface area contributed by atoms with Crippen molar-refractivity contribution in [3.8, 4) is 10.7 Å². The molecule has 5 rings (SSSR count). The van der Waals surface area contributed by atoms with E-state index in [1.54, 1.807) is 13.0 Å². The van der Waals surface area contributed by atoms with E-state index in [0.29, 0.717) is 40.4 Å². The van der Waals surface area contributed by atoms with Crippen LogP contribution >= 0.6 is 11.3 Å². The van der Waals surface area contributed by atoms with Crippen LogP contribution in [0.25, 0.3) is 10.7 Å². The Morgan fingerprint density at radius 3 is 2.71 bits per heavy atom. The van der Waals surface area contributed by atoms with E-state index in [1.165, 1.54) is 15.6 Å². The molecular weight excluding hydrogens is 436 g/mol. The highest BCUT2D eigenvalue weighted by atomic mass is 32.2. The lowest BCUT2D eigenvalue weighted by molar-refractivity contribution is -0.126. The molecule has 8 nitrogen and oxygen atoms in total. The molecule has 168 valence electrons. The SMILES string of the molecule is Cc1sc(-c2noc(C3CC3)n2)cc1S(=O)(=O)N1CCC[C@H](C(=O)NC2CCCC2)C1. The molecular formula is C21H28N4O4S2. The molecule has 1 N–H and O–H groups in total. The van der Waals surface area contributed by atoms with Crippen LogP contribution in [0, 0.1) is 12.8 Å². The number of carbonyl (C=O) groups excluding carboxylic acids is 1. The molecule has 0 unspecified atom stereocenters. The van der Waals surface area contributed by atoms with E-state index in [-0.39, 0.29) is 29.3 Å². The molecule has 2 aromatic rings. The zero-order chi connectivity index (χ0) is 21.6. The summed E-state index contributed by atoms with van der Waals surface area (Å²) in [6.07, 6.45) is 7.89. The Morgan fingerprint density at radius 1 is 1.19 bits per heavy atom. The summed E-state index contributed by atoms with van der Waals surface area (Å²) in [6, 6.07) is 1.90. The van der Waals surface area contributed by atoms with Gasteiger partial charge in [0.1, 0.15) is 0 Å². The minimum atomic E-state index is -3.69. The molecule has 3 heterocycles. The number of rotatable bonds is 6. The number of hydrogen-bond acceptors (Lipinski definition) is 7. The molecule has 0 spiro atoms. The predicted molar refractivity (Wildman–Crippen MR) is 116 cm³/mol. The van der Waals surface area contributed by atoms with Crippen molar-refractivity contribution in [2.75, 3.05) is 13.1 Å². The second-order valence-corrected chi connectivity index (χ2v) is 12.1. The van der Waals surface area contributed by atoms with Gasteiger partial charge in [-0.15, -0.1) is 11.3 Å². The monoisotopic (exact) mass is 464 g/mol. The Kier molecular flexibility index (Phi) is 5.64. The third kappa shape index (κ3) is 4.29. The fraction of sp³-hybridized carbons (Fsp3) is 0.667. The van der Waals surface area contributed by atoms with Crippen LogP contribution in [0.15, 0.2) is 15.5 Å². The Labute approximate surface area is 186 Å². The highest BCUT2D eigenvalue weighted by Gasteiger charge is 2.36.